The molecule has 1 aromatic rings. The Morgan fingerprint density at radius 1 is 1.53 bits per heavy atom. The first-order chi connectivity index (χ1) is 7.27. The van der Waals surface area contributed by atoms with Crippen LogP contribution in [-0.2, 0) is 4.74 Å². The molecule has 3 heteroatoms. The normalized spacial score (nSPS) is 10.5. The fraction of sp³-hybridized carbons (Fsp3) is 0.250. The number of methoxy groups -OCH3 is 1. The molecule has 0 saturated carbocycles. The maximum absolute atomic E-state index is 11.2. The van der Waals surface area contributed by atoms with E-state index in [1.807, 2.05) is 24.3 Å². The summed E-state index contributed by atoms with van der Waals surface area (Å²) in [6.45, 7) is 0. The van der Waals surface area contributed by atoms with E-state index in [2.05, 4.69) is 26.7 Å². The lowest BCUT2D eigenvalue weighted by Crippen LogP contribution is -2.00. The number of ether oxygens (including phenoxy) is 1. The molecule has 0 amide bonds. The van der Waals surface area contributed by atoms with Crippen molar-refractivity contribution in [1.29, 1.82) is 0 Å². The molecule has 0 spiro atoms. The lowest BCUT2D eigenvalue weighted by molar-refractivity contribution is 0.0600. The van der Waals surface area contributed by atoms with Gasteiger partial charge < -0.3 is 4.74 Å². The summed E-state index contributed by atoms with van der Waals surface area (Å²) >= 11 is 3.35. The van der Waals surface area contributed by atoms with Gasteiger partial charge in [0.2, 0.25) is 0 Å². The number of esters is 1. The summed E-state index contributed by atoms with van der Waals surface area (Å²) in [5.41, 5.74) is 1.59. The Kier molecular flexibility index (Phi) is 5.12. The summed E-state index contributed by atoms with van der Waals surface area (Å²) in [5.74, 6) is -0.300. The number of carbonyl (C=O) groups excluding carboxylic acids is 1. The highest BCUT2D eigenvalue weighted by Gasteiger charge is 2.03. The Balaban J connectivity index is 2.78. The summed E-state index contributed by atoms with van der Waals surface area (Å²) in [6.07, 6.45) is 5.03. The highest BCUT2D eigenvalue weighted by Crippen LogP contribution is 2.08. The molecule has 1 aromatic carbocycles. The Labute approximate surface area is 98.1 Å². The van der Waals surface area contributed by atoms with Crippen molar-refractivity contribution in [2.24, 2.45) is 0 Å². The van der Waals surface area contributed by atoms with Crippen LogP contribution in [0.25, 0.3) is 6.08 Å². The molecular weight excluding hydrogens is 256 g/mol. The third-order valence-electron chi connectivity index (χ3n) is 1.89. The zero-order valence-corrected chi connectivity index (χ0v) is 10.2. The summed E-state index contributed by atoms with van der Waals surface area (Å²) < 4.78 is 4.65. The largest absolute Gasteiger partial charge is 0.465 e. The molecule has 0 radical (unpaired) electrons. The van der Waals surface area contributed by atoms with Crippen molar-refractivity contribution >= 4 is 28.0 Å². The van der Waals surface area contributed by atoms with E-state index in [9.17, 15) is 4.79 Å². The van der Waals surface area contributed by atoms with Gasteiger partial charge in [0, 0.05) is 5.33 Å². The van der Waals surface area contributed by atoms with Crippen LogP contribution in [0.1, 0.15) is 22.3 Å². The first-order valence-electron chi connectivity index (χ1n) is 4.69. The summed E-state index contributed by atoms with van der Waals surface area (Å²) in [5, 5.41) is 0.945. The number of hydrogen-bond donors (Lipinski definition) is 0. The van der Waals surface area contributed by atoms with Gasteiger partial charge in [-0.1, -0.05) is 40.2 Å². The van der Waals surface area contributed by atoms with Crippen LogP contribution < -0.4 is 0 Å². The van der Waals surface area contributed by atoms with Gasteiger partial charge in [-0.3, -0.25) is 0 Å². The van der Waals surface area contributed by atoms with Crippen LogP contribution in [0.3, 0.4) is 0 Å². The topological polar surface area (TPSA) is 26.3 Å². The Bertz CT molecular complexity index is 358. The van der Waals surface area contributed by atoms with Crippen molar-refractivity contribution in [3.63, 3.8) is 0 Å². The van der Waals surface area contributed by atoms with Crippen molar-refractivity contribution in [1.82, 2.24) is 0 Å². The van der Waals surface area contributed by atoms with Crippen LogP contribution in [0.4, 0.5) is 0 Å². The van der Waals surface area contributed by atoms with Gasteiger partial charge in [-0.2, -0.15) is 0 Å². The summed E-state index contributed by atoms with van der Waals surface area (Å²) in [7, 11) is 1.38. The first-order valence-corrected chi connectivity index (χ1v) is 5.81. The minimum absolute atomic E-state index is 0.300. The molecule has 15 heavy (non-hydrogen) atoms. The number of alkyl halides is 1. The third-order valence-corrected chi connectivity index (χ3v) is 2.35. The van der Waals surface area contributed by atoms with Gasteiger partial charge in [0.05, 0.1) is 12.7 Å². The molecule has 0 aliphatic heterocycles. The van der Waals surface area contributed by atoms with Gasteiger partial charge >= 0.3 is 5.97 Å². The maximum atomic E-state index is 11.2. The monoisotopic (exact) mass is 268 g/mol. The summed E-state index contributed by atoms with van der Waals surface area (Å²) in [4.78, 5) is 11.2. The molecule has 0 atom stereocenters. The van der Waals surface area contributed by atoms with Crippen molar-refractivity contribution in [2.45, 2.75) is 6.42 Å². The molecule has 0 aliphatic rings. The van der Waals surface area contributed by atoms with Crippen LogP contribution in [0, 0.1) is 0 Å². The van der Waals surface area contributed by atoms with Gasteiger partial charge in [0.25, 0.3) is 0 Å². The van der Waals surface area contributed by atoms with E-state index < -0.39 is 0 Å². The molecule has 0 heterocycles. The van der Waals surface area contributed by atoms with Crippen molar-refractivity contribution in [3.8, 4) is 0 Å². The molecule has 0 fully saturated rings. The average molecular weight is 269 g/mol. The van der Waals surface area contributed by atoms with Crippen LogP contribution >= 0.6 is 15.9 Å². The summed E-state index contributed by atoms with van der Waals surface area (Å²) in [6, 6.07) is 7.36. The number of carbonyl (C=O) groups is 1. The van der Waals surface area contributed by atoms with E-state index in [-0.39, 0.29) is 5.97 Å². The lowest BCUT2D eigenvalue weighted by Gasteiger charge is -1.99. The molecule has 0 aliphatic carbocycles. The smallest absolute Gasteiger partial charge is 0.337 e. The van der Waals surface area contributed by atoms with Gasteiger partial charge in [-0.05, 0) is 24.1 Å². The molecule has 0 saturated heterocycles. The van der Waals surface area contributed by atoms with Gasteiger partial charge in [-0.25, -0.2) is 4.79 Å². The number of benzene rings is 1. The lowest BCUT2D eigenvalue weighted by atomic mass is 10.1. The Morgan fingerprint density at radius 2 is 2.33 bits per heavy atom. The standard InChI is InChI=1S/C12H13BrO2/c1-15-12(14)11-7-4-6-10(9-11)5-2-3-8-13/h2,4-7,9H,3,8H2,1H3. The Morgan fingerprint density at radius 3 is 3.00 bits per heavy atom. The average Bonchev–Trinajstić information content (AvgIpc) is 2.29. The molecule has 0 bridgehead atoms. The zero-order chi connectivity index (χ0) is 11.1. The molecule has 1 rings (SSSR count). The fourth-order valence-electron chi connectivity index (χ4n) is 1.17. The number of rotatable bonds is 4. The van der Waals surface area contributed by atoms with Gasteiger partial charge in [0.15, 0.2) is 0 Å². The first kappa shape index (κ1) is 12.0. The van der Waals surface area contributed by atoms with Gasteiger partial charge in [0.1, 0.15) is 0 Å². The minimum atomic E-state index is -0.300. The van der Waals surface area contributed by atoms with E-state index in [1.165, 1.54) is 7.11 Å². The quantitative estimate of drug-likeness (QED) is 0.619. The highest BCUT2D eigenvalue weighted by molar-refractivity contribution is 9.09. The fourth-order valence-corrected chi connectivity index (χ4v) is 1.43. The second-order valence-electron chi connectivity index (χ2n) is 3.00. The predicted octanol–water partition coefficient (Wildman–Crippen LogP) is 3.27. The van der Waals surface area contributed by atoms with Crippen LogP contribution in [0.15, 0.2) is 30.3 Å². The SMILES string of the molecule is COC(=O)c1cccc(C=CCCBr)c1. The van der Waals surface area contributed by atoms with E-state index in [0.717, 1.165) is 17.3 Å². The number of allylic oxidation sites excluding steroid dienone is 1. The van der Waals surface area contributed by atoms with Crippen LogP contribution in [0.5, 0.6) is 0 Å². The van der Waals surface area contributed by atoms with E-state index in [0.29, 0.717) is 5.56 Å². The highest BCUT2D eigenvalue weighted by atomic mass is 79.9. The van der Waals surface area contributed by atoms with Crippen molar-refractivity contribution in [3.05, 3.63) is 41.5 Å². The molecule has 0 unspecified atom stereocenters. The van der Waals surface area contributed by atoms with Crippen LogP contribution in [0.2, 0.25) is 0 Å². The van der Waals surface area contributed by atoms with Crippen molar-refractivity contribution in [2.75, 3.05) is 12.4 Å². The molecule has 0 aromatic heterocycles. The Hall–Kier alpha value is -1.09. The molecular formula is C12H13BrO2. The van der Waals surface area contributed by atoms with E-state index in [4.69, 9.17) is 0 Å². The van der Waals surface area contributed by atoms with Crippen molar-refractivity contribution < 1.29 is 9.53 Å². The number of halogens is 1. The second kappa shape index (κ2) is 6.40. The zero-order valence-electron chi connectivity index (χ0n) is 8.57. The molecule has 0 N–H and O–H groups in total. The van der Waals surface area contributed by atoms with Crippen LogP contribution in [-0.4, -0.2) is 18.4 Å². The van der Waals surface area contributed by atoms with E-state index >= 15 is 0 Å². The third kappa shape index (κ3) is 3.88. The maximum Gasteiger partial charge on any atom is 0.337 e. The molecule has 2 nitrogen and oxygen atoms in total. The van der Waals surface area contributed by atoms with E-state index in [1.54, 1.807) is 6.07 Å². The molecule has 80 valence electrons. The van der Waals surface area contributed by atoms with Gasteiger partial charge in [-0.15, -0.1) is 0 Å². The second-order valence-corrected chi connectivity index (χ2v) is 3.79. The minimum Gasteiger partial charge on any atom is -0.465 e. The number of hydrogen-bond acceptors (Lipinski definition) is 2. The predicted molar refractivity (Wildman–Crippen MR) is 65.2 cm³/mol.